The fourth-order valence-electron chi connectivity index (χ4n) is 2.64. The zero-order valence-corrected chi connectivity index (χ0v) is 13.9. The van der Waals surface area contributed by atoms with Crippen molar-refractivity contribution >= 4 is 17.8 Å². The first-order valence-electron chi connectivity index (χ1n) is 8.02. The van der Waals surface area contributed by atoms with Gasteiger partial charge >= 0.3 is 5.97 Å². The number of rotatable bonds is 4. The van der Waals surface area contributed by atoms with E-state index < -0.39 is 17.8 Å². The van der Waals surface area contributed by atoms with Crippen molar-refractivity contribution in [3.05, 3.63) is 89.7 Å². The number of nitrogens with zero attached hydrogens (tertiary/aromatic N) is 2. The summed E-state index contributed by atoms with van der Waals surface area (Å²) in [5.74, 6) is -1.61. The number of fused-ring (bicyclic) bond motifs is 1. The van der Waals surface area contributed by atoms with Crippen molar-refractivity contribution in [1.29, 1.82) is 0 Å². The summed E-state index contributed by atoms with van der Waals surface area (Å²) in [6.45, 7) is 0. The third kappa shape index (κ3) is 3.02. The van der Waals surface area contributed by atoms with Crippen LogP contribution in [0.1, 0.15) is 31.1 Å². The largest absolute Gasteiger partial charge is 0.455 e. The van der Waals surface area contributed by atoms with E-state index in [2.05, 4.69) is 4.98 Å². The lowest BCUT2D eigenvalue weighted by atomic mass is 10.1. The fourth-order valence-corrected chi connectivity index (χ4v) is 2.64. The van der Waals surface area contributed by atoms with Crippen LogP contribution in [0.2, 0.25) is 0 Å². The minimum atomic E-state index is -0.885. The first kappa shape index (κ1) is 16.5. The summed E-state index contributed by atoms with van der Waals surface area (Å²) in [5.41, 5.74) is 0.447. The molecule has 0 radical (unpaired) electrons. The van der Waals surface area contributed by atoms with E-state index in [1.807, 2.05) is 0 Å². The maximum absolute atomic E-state index is 12.6. The number of benzene rings is 2. The average molecular weight is 360 g/mol. The zero-order chi connectivity index (χ0) is 18.8. The van der Waals surface area contributed by atoms with Gasteiger partial charge in [-0.25, -0.2) is 4.79 Å². The summed E-state index contributed by atoms with van der Waals surface area (Å²) in [7, 11) is 0. The van der Waals surface area contributed by atoms with Crippen LogP contribution in [0.4, 0.5) is 0 Å². The lowest BCUT2D eigenvalue weighted by Crippen LogP contribution is -2.32. The molecular formula is C20H12N2O5. The van der Waals surface area contributed by atoms with E-state index in [9.17, 15) is 14.4 Å². The minimum absolute atomic E-state index is 0.0675. The summed E-state index contributed by atoms with van der Waals surface area (Å²) < 4.78 is 5.66. The van der Waals surface area contributed by atoms with Gasteiger partial charge in [-0.15, -0.1) is 0 Å². The van der Waals surface area contributed by atoms with Crippen molar-refractivity contribution in [3.8, 4) is 11.5 Å². The predicted molar refractivity (Wildman–Crippen MR) is 93.1 cm³/mol. The van der Waals surface area contributed by atoms with Gasteiger partial charge in [0.1, 0.15) is 17.1 Å². The Morgan fingerprint density at radius 2 is 1.52 bits per heavy atom. The Morgan fingerprint density at radius 3 is 2.19 bits per heavy atom. The van der Waals surface area contributed by atoms with Crippen molar-refractivity contribution in [3.63, 3.8) is 0 Å². The molecule has 1 aromatic heterocycles. The van der Waals surface area contributed by atoms with Gasteiger partial charge in [0.15, 0.2) is 0 Å². The number of pyridine rings is 1. The fraction of sp³-hybridized carbons (Fsp3) is 0. The maximum Gasteiger partial charge on any atom is 0.367 e. The van der Waals surface area contributed by atoms with Gasteiger partial charge in [-0.3, -0.25) is 14.6 Å². The quantitative estimate of drug-likeness (QED) is 0.664. The SMILES string of the molecule is O=C(ON1C(=O)c2ccccc2C1=O)c1ccccc1Oc1cccnc1. The molecule has 132 valence electrons. The molecule has 7 heteroatoms. The van der Waals surface area contributed by atoms with Gasteiger partial charge in [0, 0.05) is 6.20 Å². The van der Waals surface area contributed by atoms with Crippen LogP contribution in [0.5, 0.6) is 11.5 Å². The van der Waals surface area contributed by atoms with E-state index >= 15 is 0 Å². The van der Waals surface area contributed by atoms with Gasteiger partial charge in [-0.1, -0.05) is 29.3 Å². The average Bonchev–Trinajstić information content (AvgIpc) is 2.94. The van der Waals surface area contributed by atoms with Crippen LogP contribution < -0.4 is 4.74 Å². The van der Waals surface area contributed by atoms with Crippen LogP contribution in [0.3, 0.4) is 0 Å². The number of aromatic nitrogens is 1. The summed E-state index contributed by atoms with van der Waals surface area (Å²) >= 11 is 0. The van der Waals surface area contributed by atoms with Crippen LogP contribution in [-0.4, -0.2) is 27.8 Å². The number of hydrogen-bond donors (Lipinski definition) is 0. The molecule has 3 aromatic rings. The molecule has 2 amide bonds. The number of carbonyl (C=O) groups is 3. The molecule has 0 unspecified atom stereocenters. The molecular weight excluding hydrogens is 348 g/mol. The van der Waals surface area contributed by atoms with E-state index in [-0.39, 0.29) is 22.4 Å². The third-order valence-electron chi connectivity index (χ3n) is 3.90. The molecule has 7 nitrogen and oxygen atoms in total. The molecule has 0 bridgehead atoms. The van der Waals surface area contributed by atoms with Crippen LogP contribution in [-0.2, 0) is 4.84 Å². The molecule has 0 saturated carbocycles. The minimum Gasteiger partial charge on any atom is -0.455 e. The Hall–Kier alpha value is -4.00. The van der Waals surface area contributed by atoms with E-state index in [0.29, 0.717) is 10.8 Å². The second-order valence-corrected chi connectivity index (χ2v) is 5.62. The Bertz CT molecular complexity index is 1010. The molecule has 27 heavy (non-hydrogen) atoms. The Kier molecular flexibility index (Phi) is 4.10. The monoisotopic (exact) mass is 360 g/mol. The number of para-hydroxylation sites is 1. The standard InChI is InChI=1S/C20H12N2O5/c23-18-14-7-1-2-8-15(14)19(24)22(18)27-20(25)16-9-3-4-10-17(16)26-13-6-5-11-21-12-13/h1-12H. The summed E-state index contributed by atoms with van der Waals surface area (Å²) in [4.78, 5) is 46.3. The molecule has 1 aliphatic rings. The van der Waals surface area contributed by atoms with Crippen molar-refractivity contribution in [1.82, 2.24) is 10.0 Å². The van der Waals surface area contributed by atoms with Gasteiger partial charge in [0.25, 0.3) is 11.8 Å². The predicted octanol–water partition coefficient (Wildman–Crippen LogP) is 3.24. The van der Waals surface area contributed by atoms with Crippen LogP contribution in [0, 0.1) is 0 Å². The molecule has 0 saturated heterocycles. The highest BCUT2D eigenvalue weighted by Gasteiger charge is 2.39. The zero-order valence-electron chi connectivity index (χ0n) is 13.9. The number of ether oxygens (including phenoxy) is 1. The molecule has 0 aliphatic carbocycles. The highest BCUT2D eigenvalue weighted by atomic mass is 16.7. The van der Waals surface area contributed by atoms with E-state index in [0.717, 1.165) is 0 Å². The normalized spacial score (nSPS) is 12.7. The van der Waals surface area contributed by atoms with E-state index in [4.69, 9.17) is 9.57 Å². The highest BCUT2D eigenvalue weighted by molar-refractivity contribution is 6.21. The smallest absolute Gasteiger partial charge is 0.367 e. The molecule has 2 aromatic carbocycles. The molecule has 0 spiro atoms. The van der Waals surface area contributed by atoms with Crippen LogP contribution >= 0.6 is 0 Å². The Labute approximate surface area is 153 Å². The van der Waals surface area contributed by atoms with Crippen molar-refractivity contribution < 1.29 is 24.0 Å². The van der Waals surface area contributed by atoms with Gasteiger partial charge in [-0.2, -0.15) is 0 Å². The van der Waals surface area contributed by atoms with Crippen LogP contribution in [0.15, 0.2) is 73.1 Å². The Balaban J connectivity index is 1.58. The number of amides is 2. The summed E-state index contributed by atoms with van der Waals surface area (Å²) in [6, 6.07) is 16.0. The molecule has 2 heterocycles. The maximum atomic E-state index is 12.6. The van der Waals surface area contributed by atoms with E-state index in [1.165, 1.54) is 24.4 Å². The molecule has 0 fully saturated rings. The number of imide groups is 1. The number of hydroxylamine groups is 2. The molecule has 4 rings (SSSR count). The second kappa shape index (κ2) is 6.72. The second-order valence-electron chi connectivity index (χ2n) is 5.62. The van der Waals surface area contributed by atoms with Gasteiger partial charge < -0.3 is 9.57 Å². The van der Waals surface area contributed by atoms with Gasteiger partial charge in [-0.05, 0) is 36.4 Å². The van der Waals surface area contributed by atoms with Crippen LogP contribution in [0.25, 0.3) is 0 Å². The summed E-state index contributed by atoms with van der Waals surface area (Å²) in [6.07, 6.45) is 3.08. The van der Waals surface area contributed by atoms with Crippen molar-refractivity contribution in [2.45, 2.75) is 0 Å². The molecule has 1 aliphatic heterocycles. The lowest BCUT2D eigenvalue weighted by Gasteiger charge is -2.14. The van der Waals surface area contributed by atoms with E-state index in [1.54, 1.807) is 48.7 Å². The number of carbonyl (C=O) groups excluding carboxylic acids is 3. The lowest BCUT2D eigenvalue weighted by molar-refractivity contribution is -0.0586. The van der Waals surface area contributed by atoms with Crippen molar-refractivity contribution in [2.75, 3.05) is 0 Å². The third-order valence-corrected chi connectivity index (χ3v) is 3.90. The highest BCUT2D eigenvalue weighted by Crippen LogP contribution is 2.27. The topological polar surface area (TPSA) is 85.8 Å². The Morgan fingerprint density at radius 1 is 0.852 bits per heavy atom. The first-order chi connectivity index (χ1) is 13.1. The van der Waals surface area contributed by atoms with Gasteiger partial charge in [0.2, 0.25) is 0 Å². The molecule has 0 N–H and O–H groups in total. The first-order valence-corrected chi connectivity index (χ1v) is 8.02. The summed E-state index contributed by atoms with van der Waals surface area (Å²) in [5, 5.41) is 0.466. The molecule has 0 atom stereocenters. The number of hydrogen-bond acceptors (Lipinski definition) is 6. The van der Waals surface area contributed by atoms with Crippen molar-refractivity contribution in [2.24, 2.45) is 0 Å². The van der Waals surface area contributed by atoms with Gasteiger partial charge in [0.05, 0.1) is 17.3 Å².